The summed E-state index contributed by atoms with van der Waals surface area (Å²) in [5, 5.41) is 12.4. The molecule has 0 unspecified atom stereocenters. The number of anilines is 2. The molecule has 0 spiro atoms. The van der Waals surface area contributed by atoms with Gasteiger partial charge in [0.05, 0.1) is 11.4 Å². The summed E-state index contributed by atoms with van der Waals surface area (Å²) < 4.78 is 0.822. The molecule has 2 rings (SSSR count). The van der Waals surface area contributed by atoms with Gasteiger partial charge in [-0.3, -0.25) is 4.79 Å². The second-order valence-electron chi connectivity index (χ2n) is 4.67. The fraction of sp³-hybridized carbons (Fsp3) is 0.133. The van der Waals surface area contributed by atoms with Crippen LogP contribution in [0.25, 0.3) is 0 Å². The van der Waals surface area contributed by atoms with E-state index in [0.29, 0.717) is 5.56 Å². The highest BCUT2D eigenvalue weighted by atomic mass is 79.9. The van der Waals surface area contributed by atoms with E-state index >= 15 is 0 Å². The number of phenolic OH excluding ortho intramolecular Hbond substituents is 1. The molecule has 0 aliphatic heterocycles. The fourth-order valence-electron chi connectivity index (χ4n) is 1.94. The lowest BCUT2D eigenvalue weighted by Gasteiger charge is -2.12. The van der Waals surface area contributed by atoms with Crippen LogP contribution in [0.5, 0.6) is 5.75 Å². The number of aromatic hydroxyl groups is 1. The molecule has 0 bridgehead atoms. The highest BCUT2D eigenvalue weighted by Gasteiger charge is 2.12. The molecule has 2 aromatic carbocycles. The smallest absolute Gasteiger partial charge is 0.255 e. The average molecular weight is 335 g/mol. The van der Waals surface area contributed by atoms with Crippen molar-refractivity contribution in [2.24, 2.45) is 0 Å². The summed E-state index contributed by atoms with van der Waals surface area (Å²) in [6.45, 7) is 3.91. The van der Waals surface area contributed by atoms with Crippen LogP contribution in [-0.4, -0.2) is 11.0 Å². The molecular weight excluding hydrogens is 320 g/mol. The quantitative estimate of drug-likeness (QED) is 0.580. The van der Waals surface area contributed by atoms with Crippen molar-refractivity contribution in [3.05, 3.63) is 51.5 Å². The summed E-state index contributed by atoms with van der Waals surface area (Å²) in [7, 11) is 0. The molecule has 2 aromatic rings. The van der Waals surface area contributed by atoms with Crippen molar-refractivity contribution in [2.75, 3.05) is 11.1 Å². The lowest BCUT2D eigenvalue weighted by molar-refractivity contribution is 0.102. The first kappa shape index (κ1) is 14.4. The first-order chi connectivity index (χ1) is 9.38. The third-order valence-corrected chi connectivity index (χ3v) is 3.59. The van der Waals surface area contributed by atoms with Crippen molar-refractivity contribution in [1.29, 1.82) is 0 Å². The summed E-state index contributed by atoms with van der Waals surface area (Å²) in [5.74, 6) is -0.398. The van der Waals surface area contributed by atoms with Crippen LogP contribution in [0.2, 0.25) is 0 Å². The molecule has 4 N–H and O–H groups in total. The number of nitrogens with two attached hydrogens (primary N) is 1. The van der Waals surface area contributed by atoms with Gasteiger partial charge >= 0.3 is 0 Å². The maximum Gasteiger partial charge on any atom is 0.255 e. The molecular formula is C15H15BrN2O2. The topological polar surface area (TPSA) is 75.4 Å². The highest BCUT2D eigenvalue weighted by molar-refractivity contribution is 9.10. The maximum absolute atomic E-state index is 12.2. The van der Waals surface area contributed by atoms with Crippen molar-refractivity contribution in [1.82, 2.24) is 0 Å². The molecule has 0 fully saturated rings. The summed E-state index contributed by atoms with van der Waals surface area (Å²) in [5.41, 5.74) is 8.90. The van der Waals surface area contributed by atoms with E-state index in [1.807, 2.05) is 26.0 Å². The van der Waals surface area contributed by atoms with Crippen molar-refractivity contribution in [2.45, 2.75) is 13.8 Å². The number of amides is 1. The second kappa shape index (κ2) is 5.54. The highest BCUT2D eigenvalue weighted by Crippen LogP contribution is 2.29. The van der Waals surface area contributed by atoms with Crippen LogP contribution in [0.4, 0.5) is 11.4 Å². The SMILES string of the molecule is Cc1cc(C)c(NC(=O)c2ccc(N)c(O)c2)c(Br)c1. The number of rotatable bonds is 2. The Morgan fingerprint density at radius 1 is 1.25 bits per heavy atom. The standard InChI is InChI=1S/C15H15BrN2O2/c1-8-5-9(2)14(11(16)6-8)18-15(20)10-3-4-12(17)13(19)7-10/h3-7,19H,17H2,1-2H3,(H,18,20). The van der Waals surface area contributed by atoms with Gasteiger partial charge in [-0.15, -0.1) is 0 Å². The summed E-state index contributed by atoms with van der Waals surface area (Å²) >= 11 is 3.44. The van der Waals surface area contributed by atoms with Crippen LogP contribution in [0.15, 0.2) is 34.8 Å². The molecule has 0 aliphatic rings. The summed E-state index contributed by atoms with van der Waals surface area (Å²) in [4.78, 5) is 12.2. The number of carbonyl (C=O) groups is 1. The molecule has 0 aromatic heterocycles. The van der Waals surface area contributed by atoms with Crippen LogP contribution in [-0.2, 0) is 0 Å². The molecule has 0 saturated carbocycles. The summed E-state index contributed by atoms with van der Waals surface area (Å²) in [6.07, 6.45) is 0. The Kier molecular flexibility index (Phi) is 3.99. The third-order valence-electron chi connectivity index (χ3n) is 2.96. The molecule has 0 radical (unpaired) electrons. The molecule has 4 nitrogen and oxygen atoms in total. The Morgan fingerprint density at radius 3 is 2.55 bits per heavy atom. The lowest BCUT2D eigenvalue weighted by Crippen LogP contribution is -2.13. The first-order valence-electron chi connectivity index (χ1n) is 6.05. The number of hydrogen-bond acceptors (Lipinski definition) is 3. The minimum Gasteiger partial charge on any atom is -0.506 e. The molecule has 0 heterocycles. The van der Waals surface area contributed by atoms with E-state index in [9.17, 15) is 9.90 Å². The number of aryl methyl sites for hydroxylation is 2. The van der Waals surface area contributed by atoms with Crippen LogP contribution in [0, 0.1) is 13.8 Å². The van der Waals surface area contributed by atoms with Gasteiger partial charge in [0.1, 0.15) is 5.75 Å². The zero-order valence-corrected chi connectivity index (χ0v) is 12.8. The molecule has 0 aliphatic carbocycles. The Morgan fingerprint density at radius 2 is 1.95 bits per heavy atom. The normalized spacial score (nSPS) is 10.3. The average Bonchev–Trinajstić information content (AvgIpc) is 2.36. The number of carbonyl (C=O) groups excluding carboxylic acids is 1. The number of phenols is 1. The minimum absolute atomic E-state index is 0.0997. The van der Waals surface area contributed by atoms with Crippen molar-refractivity contribution in [3.63, 3.8) is 0 Å². The lowest BCUT2D eigenvalue weighted by atomic mass is 10.1. The Balaban J connectivity index is 2.30. The predicted molar refractivity (Wildman–Crippen MR) is 84.1 cm³/mol. The van der Waals surface area contributed by atoms with Gasteiger partial charge in [-0.25, -0.2) is 0 Å². The maximum atomic E-state index is 12.2. The zero-order chi connectivity index (χ0) is 14.9. The molecule has 0 saturated heterocycles. The van der Waals surface area contributed by atoms with Gasteiger partial charge in [-0.2, -0.15) is 0 Å². The van der Waals surface area contributed by atoms with E-state index in [1.54, 1.807) is 6.07 Å². The number of nitrogens with one attached hydrogen (secondary N) is 1. The molecule has 1 amide bonds. The van der Waals surface area contributed by atoms with Crippen molar-refractivity contribution >= 4 is 33.2 Å². The largest absolute Gasteiger partial charge is 0.506 e. The Bertz CT molecular complexity index is 661. The number of halogens is 1. The Labute approximate surface area is 125 Å². The monoisotopic (exact) mass is 334 g/mol. The van der Waals surface area contributed by atoms with Gasteiger partial charge in [0.15, 0.2) is 0 Å². The minimum atomic E-state index is -0.298. The molecule has 20 heavy (non-hydrogen) atoms. The van der Waals surface area contributed by atoms with Gasteiger partial charge in [0.2, 0.25) is 0 Å². The van der Waals surface area contributed by atoms with Gasteiger partial charge in [-0.1, -0.05) is 6.07 Å². The number of nitrogen functional groups attached to an aromatic ring is 1. The Hall–Kier alpha value is -2.01. The molecule has 0 atom stereocenters. The van der Waals surface area contributed by atoms with Crippen LogP contribution in [0.3, 0.4) is 0 Å². The van der Waals surface area contributed by atoms with Crippen LogP contribution in [0.1, 0.15) is 21.5 Å². The fourth-order valence-corrected chi connectivity index (χ4v) is 2.72. The molecule has 5 heteroatoms. The second-order valence-corrected chi connectivity index (χ2v) is 5.52. The number of benzene rings is 2. The van der Waals surface area contributed by atoms with Gasteiger partial charge in [0.25, 0.3) is 5.91 Å². The van der Waals surface area contributed by atoms with Gasteiger partial charge < -0.3 is 16.2 Å². The first-order valence-corrected chi connectivity index (χ1v) is 6.84. The van der Waals surface area contributed by atoms with E-state index < -0.39 is 0 Å². The van der Waals surface area contributed by atoms with Crippen molar-refractivity contribution < 1.29 is 9.90 Å². The number of hydrogen-bond donors (Lipinski definition) is 3. The molecule has 104 valence electrons. The van der Waals surface area contributed by atoms with Crippen LogP contribution >= 0.6 is 15.9 Å². The van der Waals surface area contributed by atoms with Crippen molar-refractivity contribution in [3.8, 4) is 5.75 Å². The zero-order valence-electron chi connectivity index (χ0n) is 11.2. The predicted octanol–water partition coefficient (Wildman–Crippen LogP) is 3.61. The van der Waals surface area contributed by atoms with E-state index in [1.165, 1.54) is 12.1 Å². The van der Waals surface area contributed by atoms with Gasteiger partial charge in [0, 0.05) is 10.0 Å². The van der Waals surface area contributed by atoms with Gasteiger partial charge in [-0.05, 0) is 65.2 Å². The van der Waals surface area contributed by atoms with E-state index in [2.05, 4.69) is 21.2 Å². The van der Waals surface area contributed by atoms with E-state index in [-0.39, 0.29) is 17.3 Å². The third kappa shape index (κ3) is 2.93. The van der Waals surface area contributed by atoms with E-state index in [0.717, 1.165) is 21.3 Å². The summed E-state index contributed by atoms with van der Waals surface area (Å²) in [6, 6.07) is 8.34. The van der Waals surface area contributed by atoms with E-state index in [4.69, 9.17) is 5.73 Å². The van der Waals surface area contributed by atoms with Crippen LogP contribution < -0.4 is 11.1 Å².